The second kappa shape index (κ2) is 4.89. The highest BCUT2D eigenvalue weighted by Crippen LogP contribution is 2.30. The maximum absolute atomic E-state index is 13.9. The van der Waals surface area contributed by atoms with Gasteiger partial charge in [0.1, 0.15) is 17.4 Å². The van der Waals surface area contributed by atoms with Crippen LogP contribution in [0.2, 0.25) is 0 Å². The monoisotopic (exact) mass is 256 g/mol. The van der Waals surface area contributed by atoms with E-state index >= 15 is 0 Å². The molecule has 18 heavy (non-hydrogen) atoms. The van der Waals surface area contributed by atoms with Gasteiger partial charge in [-0.1, -0.05) is 0 Å². The smallest absolute Gasteiger partial charge is 0.221 e. The van der Waals surface area contributed by atoms with Crippen LogP contribution in [0.25, 0.3) is 0 Å². The van der Waals surface area contributed by atoms with E-state index < -0.39 is 23.6 Å². The second-order valence-corrected chi connectivity index (χ2v) is 4.28. The van der Waals surface area contributed by atoms with Gasteiger partial charge in [-0.15, -0.1) is 0 Å². The summed E-state index contributed by atoms with van der Waals surface area (Å²) in [5, 5.41) is 2.56. The fraction of sp³-hybridized carbons (Fsp3) is 0.417. The molecule has 1 heterocycles. The number of carbonyl (C=O) groups excluding carboxylic acids is 1. The lowest BCUT2D eigenvalue weighted by Gasteiger charge is -2.29. The molecule has 1 aliphatic rings. The molecule has 1 amide bonds. The highest BCUT2D eigenvalue weighted by atomic mass is 19.1. The Hall–Kier alpha value is -1.69. The minimum absolute atomic E-state index is 0.0651. The van der Waals surface area contributed by atoms with E-state index in [0.717, 1.165) is 12.1 Å². The van der Waals surface area contributed by atoms with Crippen LogP contribution >= 0.6 is 0 Å². The summed E-state index contributed by atoms with van der Waals surface area (Å²) in [7, 11) is 1.33. The number of nitrogens with two attached hydrogens (primary N) is 1. The molecule has 1 fully saturated rings. The minimum atomic E-state index is -0.705. The normalized spacial score (nSPS) is 23.7. The first-order valence-electron chi connectivity index (χ1n) is 5.58. The van der Waals surface area contributed by atoms with E-state index in [0.29, 0.717) is 0 Å². The van der Waals surface area contributed by atoms with Crippen molar-refractivity contribution >= 4 is 5.91 Å². The number of ether oxygens (including phenoxy) is 1. The molecule has 0 saturated carbocycles. The molecule has 0 aliphatic carbocycles. The molecule has 6 heteroatoms. The van der Waals surface area contributed by atoms with Gasteiger partial charge in [0.15, 0.2) is 0 Å². The van der Waals surface area contributed by atoms with E-state index in [4.69, 9.17) is 10.5 Å². The van der Waals surface area contributed by atoms with Crippen LogP contribution in [0.1, 0.15) is 17.9 Å². The van der Waals surface area contributed by atoms with E-state index in [9.17, 15) is 13.6 Å². The third-order valence-corrected chi connectivity index (χ3v) is 3.12. The molecule has 3 N–H and O–H groups in total. The molecule has 0 spiro atoms. The van der Waals surface area contributed by atoms with Gasteiger partial charge in [-0.3, -0.25) is 4.79 Å². The predicted octanol–water partition coefficient (Wildman–Crippen LogP) is 0.904. The third-order valence-electron chi connectivity index (χ3n) is 3.12. The van der Waals surface area contributed by atoms with Crippen LogP contribution in [0.3, 0.4) is 0 Å². The largest absolute Gasteiger partial charge is 0.497 e. The van der Waals surface area contributed by atoms with Crippen molar-refractivity contribution in [2.24, 2.45) is 5.73 Å². The molecule has 1 saturated heterocycles. The molecule has 4 nitrogen and oxygen atoms in total. The van der Waals surface area contributed by atoms with E-state index in [1.165, 1.54) is 7.11 Å². The van der Waals surface area contributed by atoms with E-state index in [1.807, 2.05) is 0 Å². The summed E-state index contributed by atoms with van der Waals surface area (Å²) < 4.78 is 32.5. The zero-order valence-corrected chi connectivity index (χ0v) is 9.87. The van der Waals surface area contributed by atoms with Crippen molar-refractivity contribution in [2.75, 3.05) is 13.7 Å². The summed E-state index contributed by atoms with van der Waals surface area (Å²) in [5.41, 5.74) is 5.69. The maximum atomic E-state index is 13.9. The van der Waals surface area contributed by atoms with Gasteiger partial charge in [-0.25, -0.2) is 8.78 Å². The standard InChI is InChI=1S/C12H14F2N2O2/c1-18-6-2-8(13)12(9(14)3-6)7-5-16-11(17)4-10(7)15/h2-3,7,10H,4-5,15H2,1H3,(H,16,17). The summed E-state index contributed by atoms with van der Waals surface area (Å²) in [4.78, 5) is 11.1. The molecule has 0 bridgehead atoms. The molecular weight excluding hydrogens is 242 g/mol. The van der Waals surface area contributed by atoms with Crippen molar-refractivity contribution in [2.45, 2.75) is 18.4 Å². The average Bonchev–Trinajstić information content (AvgIpc) is 2.30. The molecule has 1 aromatic rings. The first kappa shape index (κ1) is 12.8. The van der Waals surface area contributed by atoms with Crippen molar-refractivity contribution in [3.8, 4) is 5.75 Å². The zero-order valence-electron chi connectivity index (χ0n) is 9.87. The van der Waals surface area contributed by atoms with Crippen LogP contribution in [0, 0.1) is 11.6 Å². The van der Waals surface area contributed by atoms with E-state index in [2.05, 4.69) is 5.32 Å². The Labute approximate surface area is 103 Å². The first-order valence-corrected chi connectivity index (χ1v) is 5.58. The molecule has 1 aromatic carbocycles. The Kier molecular flexibility index (Phi) is 3.47. The van der Waals surface area contributed by atoms with Crippen molar-refractivity contribution in [3.05, 3.63) is 29.3 Å². The Morgan fingerprint density at radius 2 is 2.00 bits per heavy atom. The van der Waals surface area contributed by atoms with Gasteiger partial charge in [0.05, 0.1) is 7.11 Å². The van der Waals surface area contributed by atoms with Gasteiger partial charge in [0.2, 0.25) is 5.91 Å². The average molecular weight is 256 g/mol. The van der Waals surface area contributed by atoms with E-state index in [-0.39, 0.29) is 30.2 Å². The number of methoxy groups -OCH3 is 1. The Bertz CT molecular complexity index is 456. The van der Waals surface area contributed by atoms with Crippen molar-refractivity contribution in [1.29, 1.82) is 0 Å². The van der Waals surface area contributed by atoms with Crippen LogP contribution in [-0.4, -0.2) is 25.6 Å². The summed E-state index contributed by atoms with van der Waals surface area (Å²) in [6, 6.07) is 1.64. The van der Waals surface area contributed by atoms with Crippen molar-refractivity contribution in [3.63, 3.8) is 0 Å². The van der Waals surface area contributed by atoms with Gasteiger partial charge >= 0.3 is 0 Å². The topological polar surface area (TPSA) is 64.3 Å². The number of rotatable bonds is 2. The molecule has 0 radical (unpaired) electrons. The summed E-state index contributed by atoms with van der Waals surface area (Å²) in [6.07, 6.45) is 0.0651. The quantitative estimate of drug-likeness (QED) is 0.826. The number of hydrogen-bond donors (Lipinski definition) is 2. The Balaban J connectivity index is 2.36. The number of carbonyl (C=O) groups is 1. The van der Waals surface area contributed by atoms with Crippen LogP contribution in [-0.2, 0) is 4.79 Å². The predicted molar refractivity (Wildman–Crippen MR) is 61.3 cm³/mol. The lowest BCUT2D eigenvalue weighted by molar-refractivity contribution is -0.122. The number of piperidine rings is 1. The van der Waals surface area contributed by atoms with Crippen LogP contribution < -0.4 is 15.8 Å². The number of nitrogens with one attached hydrogen (secondary N) is 1. The third kappa shape index (κ3) is 2.28. The summed E-state index contributed by atoms with van der Waals surface area (Å²) >= 11 is 0. The van der Waals surface area contributed by atoms with Crippen LogP contribution in [0.4, 0.5) is 8.78 Å². The summed E-state index contributed by atoms with van der Waals surface area (Å²) in [5.74, 6) is -2.06. The molecule has 1 aliphatic heterocycles. The fourth-order valence-electron chi connectivity index (χ4n) is 2.15. The van der Waals surface area contributed by atoms with Crippen molar-refractivity contribution < 1.29 is 18.3 Å². The number of amides is 1. The fourth-order valence-corrected chi connectivity index (χ4v) is 2.15. The van der Waals surface area contributed by atoms with Gasteiger partial charge in [-0.2, -0.15) is 0 Å². The molecule has 2 unspecified atom stereocenters. The minimum Gasteiger partial charge on any atom is -0.497 e. The molecule has 2 atom stereocenters. The highest BCUT2D eigenvalue weighted by molar-refractivity contribution is 5.77. The van der Waals surface area contributed by atoms with Gasteiger partial charge < -0.3 is 15.8 Å². The SMILES string of the molecule is COc1cc(F)c(C2CNC(=O)CC2N)c(F)c1. The van der Waals surface area contributed by atoms with Gasteiger partial charge in [-0.05, 0) is 0 Å². The number of hydrogen-bond acceptors (Lipinski definition) is 3. The number of benzene rings is 1. The maximum Gasteiger partial charge on any atom is 0.221 e. The molecule has 98 valence electrons. The lowest BCUT2D eigenvalue weighted by atomic mass is 9.86. The van der Waals surface area contributed by atoms with Crippen LogP contribution in [0.5, 0.6) is 5.75 Å². The molecular formula is C12H14F2N2O2. The number of halogens is 2. The summed E-state index contributed by atoms with van der Waals surface area (Å²) in [6.45, 7) is 0.139. The highest BCUT2D eigenvalue weighted by Gasteiger charge is 2.31. The second-order valence-electron chi connectivity index (χ2n) is 4.28. The van der Waals surface area contributed by atoms with Gasteiger partial charge in [0.25, 0.3) is 0 Å². The first-order chi connectivity index (χ1) is 8.52. The van der Waals surface area contributed by atoms with Gasteiger partial charge in [0, 0.05) is 42.6 Å². The van der Waals surface area contributed by atoms with Crippen molar-refractivity contribution in [1.82, 2.24) is 5.32 Å². The van der Waals surface area contributed by atoms with E-state index in [1.54, 1.807) is 0 Å². The van der Waals surface area contributed by atoms with Crippen LogP contribution in [0.15, 0.2) is 12.1 Å². The zero-order chi connectivity index (χ0) is 13.3. The molecule has 0 aromatic heterocycles. The molecule has 2 rings (SSSR count). The Morgan fingerprint density at radius 1 is 1.39 bits per heavy atom. The lowest BCUT2D eigenvalue weighted by Crippen LogP contribution is -2.47. The Morgan fingerprint density at radius 3 is 2.50 bits per heavy atom.